The van der Waals surface area contributed by atoms with E-state index in [2.05, 4.69) is 54.5 Å². The summed E-state index contributed by atoms with van der Waals surface area (Å²) in [4.78, 5) is 29.1. The molecule has 11 heteroatoms. The van der Waals surface area contributed by atoms with Crippen molar-refractivity contribution >= 4 is 29.0 Å². The van der Waals surface area contributed by atoms with Crippen LogP contribution >= 0.6 is 0 Å². The van der Waals surface area contributed by atoms with Crippen molar-refractivity contribution in [3.8, 4) is 22.9 Å². The maximum absolute atomic E-state index is 11.4. The third-order valence-corrected chi connectivity index (χ3v) is 7.10. The average molecular weight is 555 g/mol. The molecule has 41 heavy (non-hydrogen) atoms. The molecule has 0 spiro atoms. The number of carboxylic acid groups (broad SMARTS) is 1. The first-order valence-electron chi connectivity index (χ1n) is 13.8. The van der Waals surface area contributed by atoms with Crippen LogP contribution in [0.15, 0.2) is 54.9 Å². The molecule has 0 bridgehead atoms. The van der Waals surface area contributed by atoms with E-state index in [-0.39, 0.29) is 6.04 Å². The van der Waals surface area contributed by atoms with Crippen molar-refractivity contribution in [3.63, 3.8) is 0 Å². The molecule has 1 aliphatic rings. The minimum atomic E-state index is -0.904. The number of nitriles is 1. The van der Waals surface area contributed by atoms with Gasteiger partial charge >= 0.3 is 6.09 Å². The number of hydrogen-bond donors (Lipinski definition) is 2. The first-order valence-corrected chi connectivity index (χ1v) is 13.8. The van der Waals surface area contributed by atoms with Gasteiger partial charge in [-0.05, 0) is 37.5 Å². The SMILES string of the molecule is CC(C)n1cnc2c(NCc3ccc(-c4ccccc4OCCCC#N)cc3)nc(N3CCN(C(=O)O)CC3)nc21. The van der Waals surface area contributed by atoms with Gasteiger partial charge in [-0.2, -0.15) is 15.2 Å². The number of ether oxygens (including phenoxy) is 1. The Kier molecular flexibility index (Phi) is 8.48. The van der Waals surface area contributed by atoms with Crippen LogP contribution in [0, 0.1) is 11.3 Å². The molecule has 2 N–H and O–H groups in total. The summed E-state index contributed by atoms with van der Waals surface area (Å²) >= 11 is 0. The molecular weight excluding hydrogens is 520 g/mol. The maximum Gasteiger partial charge on any atom is 0.407 e. The molecule has 0 saturated carbocycles. The van der Waals surface area contributed by atoms with Gasteiger partial charge in [0, 0.05) is 50.7 Å². The summed E-state index contributed by atoms with van der Waals surface area (Å²) in [5.74, 6) is 2.01. The summed E-state index contributed by atoms with van der Waals surface area (Å²) in [5, 5.41) is 21.5. The van der Waals surface area contributed by atoms with Gasteiger partial charge in [0.2, 0.25) is 5.95 Å². The van der Waals surface area contributed by atoms with Gasteiger partial charge in [-0.3, -0.25) is 0 Å². The lowest BCUT2D eigenvalue weighted by atomic mass is 10.0. The fourth-order valence-electron chi connectivity index (χ4n) is 4.80. The van der Waals surface area contributed by atoms with Crippen LogP contribution in [-0.2, 0) is 6.54 Å². The second-order valence-corrected chi connectivity index (χ2v) is 10.2. The molecule has 5 rings (SSSR count). The van der Waals surface area contributed by atoms with Crippen molar-refractivity contribution < 1.29 is 14.6 Å². The number of nitrogens with one attached hydrogen (secondary N) is 1. The van der Waals surface area contributed by atoms with Crippen molar-refractivity contribution in [3.05, 3.63) is 60.4 Å². The molecule has 1 saturated heterocycles. The van der Waals surface area contributed by atoms with Crippen LogP contribution in [0.4, 0.5) is 16.6 Å². The number of imidazole rings is 1. The smallest absolute Gasteiger partial charge is 0.407 e. The van der Waals surface area contributed by atoms with E-state index in [1.807, 2.05) is 33.7 Å². The van der Waals surface area contributed by atoms with Gasteiger partial charge in [0.05, 0.1) is 19.0 Å². The third-order valence-electron chi connectivity index (χ3n) is 7.10. The molecule has 1 aliphatic heterocycles. The number of unbranched alkanes of at least 4 members (excludes halogenated alkanes) is 1. The van der Waals surface area contributed by atoms with Crippen LogP contribution in [0.2, 0.25) is 0 Å². The van der Waals surface area contributed by atoms with Gasteiger partial charge in [-0.1, -0.05) is 42.5 Å². The molecule has 0 unspecified atom stereocenters. The van der Waals surface area contributed by atoms with Gasteiger partial charge in [0.25, 0.3) is 0 Å². The van der Waals surface area contributed by atoms with E-state index < -0.39 is 6.09 Å². The van der Waals surface area contributed by atoms with E-state index in [4.69, 9.17) is 20.0 Å². The molecule has 2 aromatic carbocycles. The van der Waals surface area contributed by atoms with Crippen LogP contribution in [0.3, 0.4) is 0 Å². The predicted molar refractivity (Wildman–Crippen MR) is 157 cm³/mol. The van der Waals surface area contributed by atoms with E-state index in [9.17, 15) is 9.90 Å². The lowest BCUT2D eigenvalue weighted by Crippen LogP contribution is -2.48. The van der Waals surface area contributed by atoms with Crippen LogP contribution in [0.1, 0.15) is 38.3 Å². The number of anilines is 2. The highest BCUT2D eigenvalue weighted by atomic mass is 16.5. The summed E-state index contributed by atoms with van der Waals surface area (Å²) in [5.41, 5.74) is 4.58. The van der Waals surface area contributed by atoms with E-state index in [1.54, 1.807) is 6.33 Å². The molecule has 4 aromatic rings. The molecule has 2 aromatic heterocycles. The van der Waals surface area contributed by atoms with Crippen molar-refractivity contribution in [2.24, 2.45) is 0 Å². The number of benzene rings is 2. The topological polar surface area (TPSA) is 132 Å². The Hall–Kier alpha value is -4.85. The number of para-hydroxylation sites is 1. The standard InChI is InChI=1S/C30H34N8O3/c1-21(2)38-20-33-26-27(34-29(35-28(26)38)36-14-16-37(17-15-36)30(39)40)32-19-22-9-11-23(12-10-22)24-7-3-4-8-25(24)41-18-6-5-13-31/h3-4,7-12,20-21H,5-6,14-19H2,1-2H3,(H,39,40)(H,32,34,35). The van der Waals surface area contributed by atoms with E-state index >= 15 is 0 Å². The fraction of sp³-hybridized carbons (Fsp3) is 0.367. The molecule has 0 radical (unpaired) electrons. The maximum atomic E-state index is 11.4. The molecule has 1 fully saturated rings. The summed E-state index contributed by atoms with van der Waals surface area (Å²) in [6.45, 7) is 7.07. The summed E-state index contributed by atoms with van der Waals surface area (Å²) < 4.78 is 7.97. The van der Waals surface area contributed by atoms with Crippen molar-refractivity contribution in [2.75, 3.05) is 43.0 Å². The molecule has 11 nitrogen and oxygen atoms in total. The lowest BCUT2D eigenvalue weighted by molar-refractivity contribution is 0.142. The van der Waals surface area contributed by atoms with E-state index in [1.165, 1.54) is 4.90 Å². The molecule has 0 aliphatic carbocycles. The van der Waals surface area contributed by atoms with Crippen LogP contribution in [0.5, 0.6) is 5.75 Å². The second-order valence-electron chi connectivity index (χ2n) is 10.2. The first-order chi connectivity index (χ1) is 19.9. The van der Waals surface area contributed by atoms with Gasteiger partial charge in [0.15, 0.2) is 17.0 Å². The normalized spacial score (nSPS) is 13.4. The number of nitrogens with zero attached hydrogens (tertiary/aromatic N) is 7. The largest absolute Gasteiger partial charge is 0.493 e. The summed E-state index contributed by atoms with van der Waals surface area (Å²) in [6, 6.07) is 18.5. The highest BCUT2D eigenvalue weighted by Gasteiger charge is 2.24. The van der Waals surface area contributed by atoms with Gasteiger partial charge in [0.1, 0.15) is 5.75 Å². The number of hydrogen-bond acceptors (Lipinski definition) is 8. The quantitative estimate of drug-likeness (QED) is 0.255. The Morgan fingerprint density at radius 2 is 1.85 bits per heavy atom. The van der Waals surface area contributed by atoms with Crippen LogP contribution in [0.25, 0.3) is 22.3 Å². The van der Waals surface area contributed by atoms with Gasteiger partial charge < -0.3 is 29.5 Å². The van der Waals surface area contributed by atoms with E-state index in [0.29, 0.717) is 69.5 Å². The molecule has 212 valence electrons. The van der Waals surface area contributed by atoms with Crippen LogP contribution in [-0.4, -0.2) is 68.4 Å². The monoisotopic (exact) mass is 554 g/mol. The van der Waals surface area contributed by atoms with Gasteiger partial charge in [-0.25, -0.2) is 9.78 Å². The Morgan fingerprint density at radius 1 is 1.10 bits per heavy atom. The van der Waals surface area contributed by atoms with Crippen molar-refractivity contribution in [2.45, 2.75) is 39.3 Å². The Labute approximate surface area is 239 Å². The molecule has 3 heterocycles. The number of rotatable bonds is 10. The van der Waals surface area contributed by atoms with E-state index in [0.717, 1.165) is 28.1 Å². The van der Waals surface area contributed by atoms with Gasteiger partial charge in [-0.15, -0.1) is 0 Å². The minimum Gasteiger partial charge on any atom is -0.493 e. The highest BCUT2D eigenvalue weighted by Crippen LogP contribution is 2.31. The summed E-state index contributed by atoms with van der Waals surface area (Å²) in [7, 11) is 0. The number of piperazine rings is 1. The summed E-state index contributed by atoms with van der Waals surface area (Å²) in [6.07, 6.45) is 2.05. The Bertz CT molecular complexity index is 1540. The molecule has 0 atom stereocenters. The van der Waals surface area contributed by atoms with Crippen LogP contribution < -0.4 is 15.0 Å². The third kappa shape index (κ3) is 6.32. The molecule has 1 amide bonds. The fourth-order valence-corrected chi connectivity index (χ4v) is 4.80. The zero-order valence-electron chi connectivity index (χ0n) is 23.3. The zero-order valence-corrected chi connectivity index (χ0v) is 23.3. The Balaban J connectivity index is 1.33. The zero-order chi connectivity index (χ0) is 28.8. The Morgan fingerprint density at radius 3 is 2.56 bits per heavy atom. The number of carbonyl (C=O) groups is 1. The average Bonchev–Trinajstić information content (AvgIpc) is 3.43. The highest BCUT2D eigenvalue weighted by molar-refractivity contribution is 5.84. The number of fused-ring (bicyclic) bond motifs is 1. The van der Waals surface area contributed by atoms with Crippen molar-refractivity contribution in [1.29, 1.82) is 5.26 Å². The van der Waals surface area contributed by atoms with Crippen molar-refractivity contribution in [1.82, 2.24) is 24.4 Å². The number of aromatic nitrogens is 4. The lowest BCUT2D eigenvalue weighted by Gasteiger charge is -2.33. The first kappa shape index (κ1) is 27.7. The minimum absolute atomic E-state index is 0.171. The predicted octanol–water partition coefficient (Wildman–Crippen LogP) is 5.17. The second kappa shape index (κ2) is 12.6. The number of amides is 1. The molecular formula is C30H34N8O3.